The third-order valence-electron chi connectivity index (χ3n) is 6.14. The zero-order chi connectivity index (χ0) is 27.2. The van der Waals surface area contributed by atoms with Crippen molar-refractivity contribution in [3.05, 3.63) is 112 Å². The minimum Gasteiger partial charge on any atom is -0.508 e. The number of thiazole rings is 1. The summed E-state index contributed by atoms with van der Waals surface area (Å²) in [4.78, 5) is 32.8. The molecule has 2 heterocycles. The first-order chi connectivity index (χ1) is 18.1. The van der Waals surface area contributed by atoms with Gasteiger partial charge < -0.3 is 10.2 Å². The molecule has 4 aromatic rings. The Labute approximate surface area is 218 Å². The fourth-order valence-corrected chi connectivity index (χ4v) is 5.37. The number of phenolic OH excluding ortho intramolecular Hbond substituents is 1. The number of anilines is 1. The van der Waals surface area contributed by atoms with Crippen molar-refractivity contribution in [1.29, 1.82) is 0 Å². The minimum atomic E-state index is -4.67. The number of aliphatic hydroxyl groups excluding tert-OH is 1. The molecule has 0 bridgehead atoms. The van der Waals surface area contributed by atoms with Crippen LogP contribution in [0.3, 0.4) is 0 Å². The number of phenols is 1. The number of Topliss-reactive ketones (excluding diaryl/α,β-unsaturated/α-hetero) is 1. The van der Waals surface area contributed by atoms with Crippen LogP contribution in [0.2, 0.25) is 0 Å². The maximum absolute atomic E-state index is 13.9. The smallest absolute Gasteiger partial charge is 0.416 e. The quantitative estimate of drug-likeness (QED) is 0.280. The Hall–Kier alpha value is -4.44. The van der Waals surface area contributed by atoms with Crippen molar-refractivity contribution in [1.82, 2.24) is 4.98 Å². The molecule has 0 aliphatic carbocycles. The van der Waals surface area contributed by atoms with Crippen molar-refractivity contribution in [3.63, 3.8) is 0 Å². The molecule has 0 radical (unpaired) electrons. The molecule has 1 atom stereocenters. The Kier molecular flexibility index (Phi) is 6.28. The van der Waals surface area contributed by atoms with Gasteiger partial charge in [0.05, 0.1) is 27.7 Å². The number of aryl methyl sites for hydroxylation is 1. The zero-order valence-electron chi connectivity index (χ0n) is 19.7. The molecule has 10 heteroatoms. The molecule has 0 saturated carbocycles. The maximum Gasteiger partial charge on any atom is 0.416 e. The largest absolute Gasteiger partial charge is 0.508 e. The fourth-order valence-electron chi connectivity index (χ4n) is 4.34. The van der Waals surface area contributed by atoms with Crippen LogP contribution in [0.1, 0.15) is 32.5 Å². The summed E-state index contributed by atoms with van der Waals surface area (Å²) in [5.74, 6) is -2.63. The van der Waals surface area contributed by atoms with Gasteiger partial charge in [0.1, 0.15) is 10.8 Å². The normalized spacial score (nSPS) is 15.8. The van der Waals surface area contributed by atoms with Crippen LogP contribution in [-0.4, -0.2) is 26.9 Å². The Bertz CT molecular complexity index is 1580. The summed E-state index contributed by atoms with van der Waals surface area (Å²) in [7, 11) is 0. The molecule has 38 heavy (non-hydrogen) atoms. The predicted octanol–water partition coefficient (Wildman–Crippen LogP) is 6.63. The van der Waals surface area contributed by atoms with E-state index in [1.165, 1.54) is 30.3 Å². The third-order valence-corrected chi connectivity index (χ3v) is 7.34. The van der Waals surface area contributed by atoms with E-state index in [9.17, 15) is 33.0 Å². The van der Waals surface area contributed by atoms with Gasteiger partial charge in [-0.05, 0) is 42.8 Å². The Morgan fingerprint density at radius 1 is 0.974 bits per heavy atom. The lowest BCUT2D eigenvalue weighted by atomic mass is 9.94. The molecule has 0 fully saturated rings. The summed E-state index contributed by atoms with van der Waals surface area (Å²) >= 11 is 1.09. The molecule has 1 unspecified atom stereocenters. The number of amides is 1. The van der Waals surface area contributed by atoms with Crippen molar-refractivity contribution in [2.75, 3.05) is 4.90 Å². The number of hydrogen-bond acceptors (Lipinski definition) is 6. The molecule has 1 aromatic heterocycles. The van der Waals surface area contributed by atoms with E-state index in [0.29, 0.717) is 16.3 Å². The lowest BCUT2D eigenvalue weighted by Gasteiger charge is -2.27. The first kappa shape index (κ1) is 25.2. The highest BCUT2D eigenvalue weighted by molar-refractivity contribution is 7.17. The van der Waals surface area contributed by atoms with Crippen LogP contribution < -0.4 is 4.90 Å². The zero-order valence-corrected chi connectivity index (χ0v) is 20.5. The average molecular weight is 537 g/mol. The molecular formula is C28H19F3N2O4S. The van der Waals surface area contributed by atoms with E-state index in [-0.39, 0.29) is 21.9 Å². The van der Waals surface area contributed by atoms with Crippen LogP contribution in [0.15, 0.2) is 90.2 Å². The van der Waals surface area contributed by atoms with Gasteiger partial charge in [0.25, 0.3) is 5.91 Å². The van der Waals surface area contributed by atoms with Crippen molar-refractivity contribution in [2.45, 2.75) is 19.1 Å². The molecule has 1 aliphatic rings. The molecule has 0 spiro atoms. The highest BCUT2D eigenvalue weighted by Gasteiger charge is 2.46. The average Bonchev–Trinajstić information content (AvgIpc) is 3.41. The van der Waals surface area contributed by atoms with Gasteiger partial charge in [-0.15, -0.1) is 11.3 Å². The van der Waals surface area contributed by atoms with Gasteiger partial charge in [0.15, 0.2) is 5.76 Å². The SMILES string of the molecule is Cc1nc(-c2ccccc2)sc1C(=O)C1=C(O)C(=O)N(c2cccc(C(F)(F)F)c2)C1c1ccc(O)cc1. The second-order valence-electron chi connectivity index (χ2n) is 8.61. The molecule has 192 valence electrons. The van der Waals surface area contributed by atoms with Crippen LogP contribution in [0.25, 0.3) is 10.6 Å². The van der Waals surface area contributed by atoms with Gasteiger partial charge in [-0.3, -0.25) is 14.5 Å². The highest BCUT2D eigenvalue weighted by Crippen LogP contribution is 2.44. The summed E-state index contributed by atoms with van der Waals surface area (Å²) in [5, 5.41) is 21.3. The number of hydrogen-bond donors (Lipinski definition) is 2. The molecule has 1 amide bonds. The fraction of sp³-hybridized carbons (Fsp3) is 0.107. The summed E-state index contributed by atoms with van der Waals surface area (Å²) in [5.41, 5.74) is 0.0473. The summed E-state index contributed by atoms with van der Waals surface area (Å²) in [6.45, 7) is 1.63. The van der Waals surface area contributed by atoms with Gasteiger partial charge in [-0.1, -0.05) is 48.5 Å². The van der Waals surface area contributed by atoms with Gasteiger partial charge in [-0.25, -0.2) is 4.98 Å². The molecular weight excluding hydrogens is 517 g/mol. The number of ketones is 1. The number of alkyl halides is 3. The summed E-state index contributed by atoms with van der Waals surface area (Å²) in [6.07, 6.45) is -4.67. The van der Waals surface area contributed by atoms with Gasteiger partial charge in [0, 0.05) is 11.3 Å². The van der Waals surface area contributed by atoms with E-state index < -0.39 is 35.2 Å². The first-order valence-electron chi connectivity index (χ1n) is 11.4. The van der Waals surface area contributed by atoms with Crippen LogP contribution >= 0.6 is 11.3 Å². The number of carbonyl (C=O) groups is 2. The summed E-state index contributed by atoms with van der Waals surface area (Å²) in [6, 6.07) is 17.5. The second kappa shape index (κ2) is 9.46. The molecule has 6 nitrogen and oxygen atoms in total. The number of rotatable bonds is 5. The van der Waals surface area contributed by atoms with Crippen LogP contribution in [-0.2, 0) is 11.0 Å². The molecule has 2 N–H and O–H groups in total. The standard InChI is InChI=1S/C28H19F3N2O4S/c1-15-25(38-26(32-15)17-6-3-2-4-7-17)23(35)21-22(16-10-12-20(34)13-11-16)33(27(37)24(21)36)19-9-5-8-18(14-19)28(29,30)31/h2-14,22,34,36H,1H3. The maximum atomic E-state index is 13.9. The Balaban J connectivity index is 1.64. The molecule has 5 rings (SSSR count). The van der Waals surface area contributed by atoms with Crippen LogP contribution in [0, 0.1) is 6.92 Å². The van der Waals surface area contributed by atoms with Crippen molar-refractivity contribution in [3.8, 4) is 16.3 Å². The Morgan fingerprint density at radius 2 is 1.66 bits per heavy atom. The number of aromatic hydroxyl groups is 1. The van der Waals surface area contributed by atoms with Gasteiger partial charge in [-0.2, -0.15) is 13.2 Å². The first-order valence-corrected chi connectivity index (χ1v) is 12.2. The lowest BCUT2D eigenvalue weighted by Crippen LogP contribution is -2.31. The minimum absolute atomic E-state index is 0.0874. The van der Waals surface area contributed by atoms with E-state index in [1.807, 2.05) is 30.3 Å². The van der Waals surface area contributed by atoms with E-state index in [0.717, 1.165) is 40.0 Å². The van der Waals surface area contributed by atoms with E-state index in [4.69, 9.17) is 0 Å². The molecule has 3 aromatic carbocycles. The predicted molar refractivity (Wildman–Crippen MR) is 136 cm³/mol. The molecule has 1 aliphatic heterocycles. The van der Waals surface area contributed by atoms with Crippen molar-refractivity contribution in [2.24, 2.45) is 0 Å². The number of carbonyl (C=O) groups excluding carboxylic acids is 2. The van der Waals surface area contributed by atoms with Crippen LogP contribution in [0.4, 0.5) is 18.9 Å². The summed E-state index contributed by atoms with van der Waals surface area (Å²) < 4.78 is 40.4. The van der Waals surface area contributed by atoms with E-state index in [2.05, 4.69) is 4.98 Å². The number of aromatic nitrogens is 1. The highest BCUT2D eigenvalue weighted by atomic mass is 32.1. The van der Waals surface area contributed by atoms with E-state index >= 15 is 0 Å². The van der Waals surface area contributed by atoms with Crippen LogP contribution in [0.5, 0.6) is 5.75 Å². The number of halogens is 3. The monoisotopic (exact) mass is 536 g/mol. The third kappa shape index (κ3) is 4.43. The lowest BCUT2D eigenvalue weighted by molar-refractivity contribution is -0.137. The number of nitrogens with zero attached hydrogens (tertiary/aromatic N) is 2. The topological polar surface area (TPSA) is 90.7 Å². The van der Waals surface area contributed by atoms with Crippen molar-refractivity contribution >= 4 is 28.7 Å². The number of benzene rings is 3. The number of aliphatic hydroxyl groups is 1. The Morgan fingerprint density at radius 3 is 2.32 bits per heavy atom. The van der Waals surface area contributed by atoms with E-state index in [1.54, 1.807) is 6.92 Å². The molecule has 0 saturated heterocycles. The van der Waals surface area contributed by atoms with Crippen molar-refractivity contribution < 1.29 is 33.0 Å². The van der Waals surface area contributed by atoms with Gasteiger partial charge >= 0.3 is 6.18 Å². The second-order valence-corrected chi connectivity index (χ2v) is 9.61. The van der Waals surface area contributed by atoms with Gasteiger partial charge in [0.2, 0.25) is 5.78 Å².